The summed E-state index contributed by atoms with van der Waals surface area (Å²) in [5, 5.41) is 3.09. The third-order valence-electron chi connectivity index (χ3n) is 4.35. The van der Waals surface area contributed by atoms with Gasteiger partial charge in [-0.05, 0) is 49.8 Å². The molecule has 0 bridgehead atoms. The molecule has 3 rings (SSSR count). The van der Waals surface area contributed by atoms with Gasteiger partial charge in [-0.2, -0.15) is 0 Å². The Bertz CT molecular complexity index is 875. The van der Waals surface area contributed by atoms with Gasteiger partial charge in [-0.3, -0.25) is 4.79 Å². The maximum atomic E-state index is 12.3. The molecule has 1 amide bonds. The summed E-state index contributed by atoms with van der Waals surface area (Å²) in [7, 11) is 0. The summed E-state index contributed by atoms with van der Waals surface area (Å²) in [6.45, 7) is 5.59. The summed E-state index contributed by atoms with van der Waals surface area (Å²) in [5.74, 6) is -1.25. The quantitative estimate of drug-likeness (QED) is 0.671. The van der Waals surface area contributed by atoms with Crippen molar-refractivity contribution < 1.29 is 23.9 Å². The van der Waals surface area contributed by atoms with Crippen molar-refractivity contribution >= 4 is 45.5 Å². The lowest BCUT2D eigenvalue weighted by molar-refractivity contribution is -0.119. The fourth-order valence-electron chi connectivity index (χ4n) is 2.94. The number of amides is 1. The van der Waals surface area contributed by atoms with Gasteiger partial charge >= 0.3 is 11.9 Å². The number of nitrogens with one attached hydrogen (secondary N) is 1. The fourth-order valence-corrected chi connectivity index (χ4v) is 5.16. The molecule has 28 heavy (non-hydrogen) atoms. The highest BCUT2D eigenvalue weighted by Crippen LogP contribution is 2.34. The fraction of sp³-hybridized carbons (Fsp3) is 0.450. The van der Waals surface area contributed by atoms with Crippen LogP contribution in [-0.2, 0) is 27.1 Å². The number of carbonyl (C=O) groups excluding carboxylic acids is 3. The molecule has 0 saturated carbocycles. The predicted molar refractivity (Wildman–Crippen MR) is 110 cm³/mol. The maximum Gasteiger partial charge on any atom is 0.348 e. The third-order valence-corrected chi connectivity index (χ3v) is 6.92. The Morgan fingerprint density at radius 1 is 1.11 bits per heavy atom. The molecular weight excluding hydrogens is 398 g/mol. The van der Waals surface area contributed by atoms with Crippen molar-refractivity contribution in [3.63, 3.8) is 0 Å². The standard InChI is InChI=1S/C20H23NO5S2/c1-4-25-19(23)13-9-15(11(2)3)28-18(13)21-17(22)10-26-20(24)16-8-12-6-5-7-14(12)27-16/h8-9,11H,4-7,10H2,1-3H3,(H,21,22). The predicted octanol–water partition coefficient (Wildman–Crippen LogP) is 4.39. The molecule has 1 aliphatic rings. The first-order valence-corrected chi connectivity index (χ1v) is 10.9. The number of esters is 2. The zero-order valence-electron chi connectivity index (χ0n) is 16.1. The topological polar surface area (TPSA) is 81.7 Å². The molecule has 0 spiro atoms. The minimum absolute atomic E-state index is 0.211. The van der Waals surface area contributed by atoms with Crippen molar-refractivity contribution in [3.8, 4) is 0 Å². The van der Waals surface area contributed by atoms with Crippen LogP contribution in [0.4, 0.5) is 5.00 Å². The highest BCUT2D eigenvalue weighted by atomic mass is 32.1. The van der Waals surface area contributed by atoms with Gasteiger partial charge in [0.25, 0.3) is 5.91 Å². The van der Waals surface area contributed by atoms with Crippen molar-refractivity contribution in [1.29, 1.82) is 0 Å². The summed E-state index contributed by atoms with van der Waals surface area (Å²) in [6.07, 6.45) is 3.12. The van der Waals surface area contributed by atoms with E-state index in [9.17, 15) is 14.4 Å². The largest absolute Gasteiger partial charge is 0.462 e. The Labute approximate surface area is 171 Å². The van der Waals surface area contributed by atoms with Crippen LogP contribution in [0, 0.1) is 0 Å². The smallest absolute Gasteiger partial charge is 0.348 e. The first-order valence-electron chi connectivity index (χ1n) is 9.28. The summed E-state index contributed by atoms with van der Waals surface area (Å²) in [6, 6.07) is 3.60. The van der Waals surface area contributed by atoms with E-state index in [0.717, 1.165) is 24.1 Å². The number of rotatable bonds is 7. The average molecular weight is 422 g/mol. The normalized spacial score (nSPS) is 12.7. The zero-order chi connectivity index (χ0) is 20.3. The molecule has 0 fully saturated rings. The van der Waals surface area contributed by atoms with Crippen LogP contribution in [0.3, 0.4) is 0 Å². The van der Waals surface area contributed by atoms with E-state index in [-0.39, 0.29) is 12.5 Å². The van der Waals surface area contributed by atoms with Crippen molar-refractivity contribution in [3.05, 3.63) is 37.9 Å². The number of fused-ring (bicyclic) bond motifs is 1. The van der Waals surface area contributed by atoms with Crippen molar-refractivity contribution in [2.24, 2.45) is 0 Å². The van der Waals surface area contributed by atoms with E-state index in [0.29, 0.717) is 15.4 Å². The zero-order valence-corrected chi connectivity index (χ0v) is 17.8. The molecule has 8 heteroatoms. The monoisotopic (exact) mass is 421 g/mol. The summed E-state index contributed by atoms with van der Waals surface area (Å²) < 4.78 is 10.2. The molecule has 0 radical (unpaired) electrons. The van der Waals surface area contributed by atoms with Crippen LogP contribution in [-0.4, -0.2) is 31.1 Å². The highest BCUT2D eigenvalue weighted by molar-refractivity contribution is 7.16. The molecule has 2 heterocycles. The Balaban J connectivity index is 1.62. The van der Waals surface area contributed by atoms with E-state index in [2.05, 4.69) is 5.32 Å². The van der Waals surface area contributed by atoms with E-state index >= 15 is 0 Å². The molecule has 1 aliphatic carbocycles. The molecule has 2 aromatic heterocycles. The number of hydrogen-bond acceptors (Lipinski definition) is 7. The number of aryl methyl sites for hydroxylation is 2. The second-order valence-corrected chi connectivity index (χ2v) is 9.02. The number of ether oxygens (including phenoxy) is 2. The van der Waals surface area contributed by atoms with E-state index in [1.165, 1.54) is 33.1 Å². The molecule has 150 valence electrons. The summed E-state index contributed by atoms with van der Waals surface area (Å²) >= 11 is 2.76. The lowest BCUT2D eigenvalue weighted by atomic mass is 10.1. The number of anilines is 1. The second-order valence-electron chi connectivity index (χ2n) is 6.80. The number of hydrogen-bond donors (Lipinski definition) is 1. The van der Waals surface area contributed by atoms with Gasteiger partial charge < -0.3 is 14.8 Å². The molecule has 0 saturated heterocycles. The van der Waals surface area contributed by atoms with Crippen LogP contribution in [0.15, 0.2) is 12.1 Å². The Morgan fingerprint density at radius 2 is 1.89 bits per heavy atom. The van der Waals surface area contributed by atoms with Crippen molar-refractivity contribution in [2.45, 2.75) is 46.0 Å². The molecule has 0 aliphatic heterocycles. The van der Waals surface area contributed by atoms with Gasteiger partial charge in [0.05, 0.1) is 12.2 Å². The van der Waals surface area contributed by atoms with E-state index in [1.807, 2.05) is 19.9 Å². The van der Waals surface area contributed by atoms with Crippen molar-refractivity contribution in [2.75, 3.05) is 18.5 Å². The summed E-state index contributed by atoms with van der Waals surface area (Å²) in [5.41, 5.74) is 1.53. The second kappa shape index (κ2) is 8.87. The molecule has 6 nitrogen and oxygen atoms in total. The number of carbonyl (C=O) groups is 3. The van der Waals surface area contributed by atoms with Gasteiger partial charge in [-0.25, -0.2) is 9.59 Å². The molecule has 0 atom stereocenters. The molecule has 1 N–H and O–H groups in total. The minimum Gasteiger partial charge on any atom is -0.462 e. The molecule has 2 aromatic rings. The highest BCUT2D eigenvalue weighted by Gasteiger charge is 2.22. The first kappa shape index (κ1) is 20.5. The Morgan fingerprint density at radius 3 is 2.57 bits per heavy atom. The van der Waals surface area contributed by atoms with Gasteiger partial charge in [0, 0.05) is 9.75 Å². The number of thiophene rings is 2. The lowest BCUT2D eigenvalue weighted by Gasteiger charge is -2.06. The van der Waals surface area contributed by atoms with E-state index < -0.39 is 24.5 Å². The van der Waals surface area contributed by atoms with Crippen LogP contribution in [0.5, 0.6) is 0 Å². The van der Waals surface area contributed by atoms with Crippen LogP contribution >= 0.6 is 22.7 Å². The first-order chi connectivity index (χ1) is 13.4. The van der Waals surface area contributed by atoms with Gasteiger partial charge in [0.15, 0.2) is 6.61 Å². The maximum absolute atomic E-state index is 12.3. The molecular formula is C20H23NO5S2. The van der Waals surface area contributed by atoms with Gasteiger partial charge in [-0.15, -0.1) is 22.7 Å². The van der Waals surface area contributed by atoms with Crippen LogP contribution in [0.2, 0.25) is 0 Å². The average Bonchev–Trinajstić information content (AvgIpc) is 3.34. The Kier molecular flexibility index (Phi) is 6.51. The van der Waals surface area contributed by atoms with Gasteiger partial charge in [-0.1, -0.05) is 13.8 Å². The third kappa shape index (κ3) is 4.62. The molecule has 0 aromatic carbocycles. The van der Waals surface area contributed by atoms with Crippen LogP contribution in [0.1, 0.15) is 68.5 Å². The van der Waals surface area contributed by atoms with E-state index in [1.54, 1.807) is 13.0 Å². The minimum atomic E-state index is -0.491. The SMILES string of the molecule is CCOC(=O)c1cc(C(C)C)sc1NC(=O)COC(=O)c1cc2c(s1)CCC2. The lowest BCUT2D eigenvalue weighted by Crippen LogP contribution is -2.21. The molecule has 0 unspecified atom stereocenters. The van der Waals surface area contributed by atoms with Crippen LogP contribution in [0.25, 0.3) is 0 Å². The van der Waals surface area contributed by atoms with Gasteiger partial charge in [0.2, 0.25) is 0 Å². The summed E-state index contributed by atoms with van der Waals surface area (Å²) in [4.78, 5) is 39.3. The van der Waals surface area contributed by atoms with Gasteiger partial charge in [0.1, 0.15) is 9.88 Å². The van der Waals surface area contributed by atoms with E-state index in [4.69, 9.17) is 9.47 Å². The van der Waals surface area contributed by atoms with Crippen LogP contribution < -0.4 is 5.32 Å². The van der Waals surface area contributed by atoms with Crippen molar-refractivity contribution in [1.82, 2.24) is 0 Å². The Hall–Kier alpha value is -2.19.